The minimum absolute atomic E-state index is 0.00832. The number of rotatable bonds is 16. The molecule has 0 aliphatic carbocycles. The maximum absolute atomic E-state index is 12.3. The average Bonchev–Trinajstić information content (AvgIpc) is 2.96. The summed E-state index contributed by atoms with van der Waals surface area (Å²) in [5.74, 6) is -1.48. The third-order valence-corrected chi connectivity index (χ3v) is 5.07. The highest BCUT2D eigenvalue weighted by molar-refractivity contribution is 5.90. The molecule has 0 fully saturated rings. The molecule has 0 amide bonds. The molecular formula is C22H38O7. The van der Waals surface area contributed by atoms with Crippen molar-refractivity contribution < 1.29 is 34.6 Å². The van der Waals surface area contributed by atoms with Gasteiger partial charge in [-0.05, 0) is 31.3 Å². The molecule has 1 aliphatic rings. The highest BCUT2D eigenvalue weighted by Crippen LogP contribution is 2.41. The Morgan fingerprint density at radius 1 is 1.10 bits per heavy atom. The topological polar surface area (TPSA) is 105 Å². The summed E-state index contributed by atoms with van der Waals surface area (Å²) in [5, 5.41) is 28.9. The number of esters is 1. The molecule has 1 heterocycles. The fourth-order valence-corrected chi connectivity index (χ4v) is 3.59. The molecule has 0 aromatic rings. The predicted molar refractivity (Wildman–Crippen MR) is 110 cm³/mol. The van der Waals surface area contributed by atoms with Crippen LogP contribution in [0.4, 0.5) is 0 Å². The van der Waals surface area contributed by atoms with Crippen LogP contribution in [0.1, 0.15) is 85.0 Å². The van der Waals surface area contributed by atoms with E-state index in [0.717, 1.165) is 19.3 Å². The third kappa shape index (κ3) is 7.64. The highest BCUT2D eigenvalue weighted by Gasteiger charge is 2.56. The summed E-state index contributed by atoms with van der Waals surface area (Å²) in [5.41, 5.74) is -1.67. The van der Waals surface area contributed by atoms with Gasteiger partial charge in [0.15, 0.2) is 0 Å². The van der Waals surface area contributed by atoms with Crippen molar-refractivity contribution in [3.63, 3.8) is 0 Å². The van der Waals surface area contributed by atoms with Crippen LogP contribution in [-0.4, -0.2) is 39.8 Å². The Balaban J connectivity index is 2.58. The molecule has 0 saturated carbocycles. The van der Waals surface area contributed by atoms with Crippen LogP contribution in [0.2, 0.25) is 0 Å². The normalized spacial score (nSPS) is 20.6. The fourth-order valence-electron chi connectivity index (χ4n) is 3.59. The van der Waals surface area contributed by atoms with E-state index in [2.05, 4.69) is 11.8 Å². The summed E-state index contributed by atoms with van der Waals surface area (Å²) < 4.78 is 10.7. The summed E-state index contributed by atoms with van der Waals surface area (Å²) in [7, 11) is 0. The Labute approximate surface area is 174 Å². The Morgan fingerprint density at radius 3 is 2.28 bits per heavy atom. The number of carbonyl (C=O) groups excluding carboxylic acids is 1. The summed E-state index contributed by atoms with van der Waals surface area (Å²) in [4.78, 5) is 16.6. The van der Waals surface area contributed by atoms with E-state index in [9.17, 15) is 20.3 Å². The zero-order valence-corrected chi connectivity index (χ0v) is 18.1. The van der Waals surface area contributed by atoms with E-state index in [1.807, 2.05) is 13.8 Å². The van der Waals surface area contributed by atoms with Crippen molar-refractivity contribution >= 4 is 5.97 Å². The second kappa shape index (κ2) is 13.6. The smallest absolute Gasteiger partial charge is 0.379 e. The van der Waals surface area contributed by atoms with Crippen LogP contribution in [-0.2, 0) is 19.2 Å². The first kappa shape index (κ1) is 25.5. The number of hydrogen-bond donors (Lipinski definition) is 3. The monoisotopic (exact) mass is 414 g/mol. The number of aliphatic hydroxyl groups is 2. The van der Waals surface area contributed by atoms with E-state index in [4.69, 9.17) is 9.47 Å². The average molecular weight is 415 g/mol. The molecule has 7 heteroatoms. The lowest BCUT2D eigenvalue weighted by Gasteiger charge is -2.33. The van der Waals surface area contributed by atoms with Gasteiger partial charge in [-0.15, -0.1) is 0 Å². The molecule has 1 aliphatic heterocycles. The van der Waals surface area contributed by atoms with Crippen LogP contribution in [0.25, 0.3) is 0 Å². The standard InChI is InChI=1S/C22H38O7/c1-4-5-6-7-8-9-10-11-12-13-14-27-19-20(29-26)22(15-17(2)3,18(24)16-23)28-21(19)25/h13-14,17-18,23-24,26H,4-12,15-16H2,1-3H3/t18-,22+/m0/s1. The fraction of sp³-hybridized carbons (Fsp3) is 0.773. The van der Waals surface area contributed by atoms with Crippen LogP contribution < -0.4 is 0 Å². The first-order valence-electron chi connectivity index (χ1n) is 10.8. The van der Waals surface area contributed by atoms with Crippen molar-refractivity contribution in [1.29, 1.82) is 0 Å². The SMILES string of the molecule is CCCCCCCCCCC=COC1=C(OO)[C@@](CC(C)C)([C@@H](O)CO)OC1=O. The number of unbranched alkanes of at least 4 members (excludes halogenated alkanes) is 8. The van der Waals surface area contributed by atoms with Gasteiger partial charge >= 0.3 is 5.97 Å². The van der Waals surface area contributed by atoms with Crippen LogP contribution in [0.15, 0.2) is 23.9 Å². The quantitative estimate of drug-likeness (QED) is 0.113. The van der Waals surface area contributed by atoms with Crippen molar-refractivity contribution in [2.75, 3.05) is 6.61 Å². The zero-order valence-electron chi connectivity index (χ0n) is 18.1. The Kier molecular flexibility index (Phi) is 12.0. The van der Waals surface area contributed by atoms with Crippen molar-refractivity contribution in [2.45, 2.75) is 96.7 Å². The van der Waals surface area contributed by atoms with E-state index < -0.39 is 24.3 Å². The van der Waals surface area contributed by atoms with Crippen LogP contribution >= 0.6 is 0 Å². The van der Waals surface area contributed by atoms with E-state index in [1.54, 1.807) is 6.08 Å². The molecular weight excluding hydrogens is 376 g/mol. The van der Waals surface area contributed by atoms with Gasteiger partial charge in [-0.2, -0.15) is 0 Å². The highest BCUT2D eigenvalue weighted by atomic mass is 17.1. The molecule has 0 unspecified atom stereocenters. The largest absolute Gasteiger partial charge is 0.454 e. The van der Waals surface area contributed by atoms with Crippen LogP contribution in [0.5, 0.6) is 0 Å². The lowest BCUT2D eigenvalue weighted by Crippen LogP contribution is -2.48. The number of cyclic esters (lactones) is 1. The maximum Gasteiger partial charge on any atom is 0.379 e. The van der Waals surface area contributed by atoms with Gasteiger partial charge in [0.1, 0.15) is 6.10 Å². The van der Waals surface area contributed by atoms with Crippen molar-refractivity contribution in [1.82, 2.24) is 0 Å². The summed E-state index contributed by atoms with van der Waals surface area (Å²) in [6.45, 7) is 5.27. The summed E-state index contributed by atoms with van der Waals surface area (Å²) in [6.07, 6.45) is 12.5. The minimum Gasteiger partial charge on any atom is -0.454 e. The molecule has 0 bridgehead atoms. The van der Waals surface area contributed by atoms with Gasteiger partial charge in [-0.1, -0.05) is 65.7 Å². The van der Waals surface area contributed by atoms with E-state index in [1.165, 1.54) is 44.8 Å². The molecule has 0 aromatic heterocycles. The van der Waals surface area contributed by atoms with Gasteiger partial charge < -0.3 is 24.6 Å². The van der Waals surface area contributed by atoms with Crippen molar-refractivity contribution in [3.8, 4) is 0 Å². The van der Waals surface area contributed by atoms with Gasteiger partial charge in [0.25, 0.3) is 5.76 Å². The Morgan fingerprint density at radius 2 is 1.72 bits per heavy atom. The predicted octanol–water partition coefficient (Wildman–Crippen LogP) is 4.44. The van der Waals surface area contributed by atoms with E-state index >= 15 is 0 Å². The van der Waals surface area contributed by atoms with Crippen LogP contribution in [0, 0.1) is 5.92 Å². The maximum atomic E-state index is 12.3. The second-order valence-electron chi connectivity index (χ2n) is 8.08. The minimum atomic E-state index is -1.67. The first-order valence-corrected chi connectivity index (χ1v) is 10.8. The van der Waals surface area contributed by atoms with Gasteiger partial charge in [0.05, 0.1) is 12.9 Å². The molecule has 0 radical (unpaired) electrons. The molecule has 29 heavy (non-hydrogen) atoms. The number of allylic oxidation sites excluding steroid dienone is 1. The Hall–Kier alpha value is -1.57. The van der Waals surface area contributed by atoms with E-state index in [-0.39, 0.29) is 23.9 Å². The van der Waals surface area contributed by atoms with Gasteiger partial charge in [-0.3, -0.25) is 0 Å². The summed E-state index contributed by atoms with van der Waals surface area (Å²) in [6, 6.07) is 0. The molecule has 0 aromatic carbocycles. The zero-order chi connectivity index (χ0) is 21.7. The number of carbonyl (C=O) groups is 1. The lowest BCUT2D eigenvalue weighted by molar-refractivity contribution is -0.241. The van der Waals surface area contributed by atoms with Gasteiger partial charge in [0.2, 0.25) is 11.4 Å². The number of ether oxygens (including phenoxy) is 2. The van der Waals surface area contributed by atoms with Gasteiger partial charge in [0, 0.05) is 0 Å². The van der Waals surface area contributed by atoms with Gasteiger partial charge in [-0.25, -0.2) is 10.1 Å². The second-order valence-corrected chi connectivity index (χ2v) is 8.08. The first-order chi connectivity index (χ1) is 13.9. The number of aliphatic hydroxyl groups excluding tert-OH is 2. The molecule has 7 nitrogen and oxygen atoms in total. The third-order valence-electron chi connectivity index (χ3n) is 5.07. The molecule has 0 spiro atoms. The molecule has 0 saturated heterocycles. The van der Waals surface area contributed by atoms with Crippen molar-refractivity contribution in [2.24, 2.45) is 5.92 Å². The molecule has 3 N–H and O–H groups in total. The van der Waals surface area contributed by atoms with E-state index in [0.29, 0.717) is 0 Å². The Bertz CT molecular complexity index is 541. The summed E-state index contributed by atoms with van der Waals surface area (Å²) >= 11 is 0. The molecule has 168 valence electrons. The van der Waals surface area contributed by atoms with Crippen LogP contribution in [0.3, 0.4) is 0 Å². The molecule has 2 atom stereocenters. The van der Waals surface area contributed by atoms with Crippen molar-refractivity contribution in [3.05, 3.63) is 23.9 Å². The lowest BCUT2D eigenvalue weighted by atomic mass is 9.86. The number of hydrogen-bond acceptors (Lipinski definition) is 7. The molecule has 1 rings (SSSR count).